The number of carboxylic acids is 1. The topological polar surface area (TPSA) is 122 Å². The molecule has 0 aliphatic heterocycles. The number of carbonyl (C=O) groups excluding carboxylic acids is 1. The summed E-state index contributed by atoms with van der Waals surface area (Å²) in [5.74, 6) is -1.39. The first-order chi connectivity index (χ1) is 10.8. The molecule has 0 radical (unpaired) electrons. The van der Waals surface area contributed by atoms with Crippen LogP contribution in [-0.2, 0) is 19.6 Å². The van der Waals surface area contributed by atoms with Crippen LogP contribution in [0.2, 0.25) is 0 Å². The standard InChI is InChI=1S/C12H16Br2N2O6S2/c1-12(2,3)22-11(19)16-6(10(17)18)5-15-24(20,21)7-4-8(13)23-9(7)14/h4,6,15H,5H2,1-3H3,(H,16,19)(H,17,18). The van der Waals surface area contributed by atoms with Gasteiger partial charge in [0, 0.05) is 6.54 Å². The van der Waals surface area contributed by atoms with Crippen molar-refractivity contribution in [3.05, 3.63) is 13.6 Å². The van der Waals surface area contributed by atoms with Crippen LogP contribution in [-0.4, -0.2) is 43.8 Å². The Hall–Kier alpha value is -0.690. The van der Waals surface area contributed by atoms with Gasteiger partial charge in [-0.1, -0.05) is 0 Å². The van der Waals surface area contributed by atoms with Crippen LogP contribution in [0.15, 0.2) is 18.5 Å². The van der Waals surface area contributed by atoms with Gasteiger partial charge in [0.05, 0.1) is 7.57 Å². The largest absolute Gasteiger partial charge is 0.480 e. The fraction of sp³-hybridized carbons (Fsp3) is 0.500. The molecular weight excluding hydrogens is 492 g/mol. The van der Waals surface area contributed by atoms with E-state index >= 15 is 0 Å². The van der Waals surface area contributed by atoms with Crippen LogP contribution in [0.3, 0.4) is 0 Å². The van der Waals surface area contributed by atoms with Gasteiger partial charge in [-0.05, 0) is 58.7 Å². The first kappa shape index (κ1) is 21.4. The lowest BCUT2D eigenvalue weighted by Crippen LogP contribution is -2.49. The Labute approximate surface area is 160 Å². The van der Waals surface area contributed by atoms with E-state index in [-0.39, 0.29) is 4.90 Å². The molecule has 136 valence electrons. The first-order valence-electron chi connectivity index (χ1n) is 6.48. The van der Waals surface area contributed by atoms with E-state index in [9.17, 15) is 18.0 Å². The number of ether oxygens (including phenoxy) is 1. The highest BCUT2D eigenvalue weighted by Crippen LogP contribution is 2.34. The lowest BCUT2D eigenvalue weighted by Gasteiger charge is -2.22. The highest BCUT2D eigenvalue weighted by molar-refractivity contribution is 9.12. The van der Waals surface area contributed by atoms with Gasteiger partial charge in [0.15, 0.2) is 0 Å². The Bertz CT molecular complexity index is 726. The summed E-state index contributed by atoms with van der Waals surface area (Å²) in [5, 5.41) is 11.2. The van der Waals surface area contributed by atoms with Crippen LogP contribution in [0, 0.1) is 0 Å². The highest BCUT2D eigenvalue weighted by Gasteiger charge is 2.27. The molecule has 1 atom stereocenters. The maximum Gasteiger partial charge on any atom is 0.408 e. The van der Waals surface area contributed by atoms with Crippen LogP contribution in [0.1, 0.15) is 20.8 Å². The average molecular weight is 508 g/mol. The predicted octanol–water partition coefficient (Wildman–Crippen LogP) is 2.53. The second-order valence-electron chi connectivity index (χ2n) is 5.58. The number of halogens is 2. The summed E-state index contributed by atoms with van der Waals surface area (Å²) in [6, 6.07) is -0.0933. The zero-order valence-electron chi connectivity index (χ0n) is 12.9. The monoisotopic (exact) mass is 506 g/mol. The molecule has 3 N–H and O–H groups in total. The van der Waals surface area contributed by atoms with Crippen molar-refractivity contribution in [2.75, 3.05) is 6.54 Å². The summed E-state index contributed by atoms with van der Waals surface area (Å²) >= 11 is 7.46. The Kier molecular flexibility index (Phi) is 7.23. The molecule has 24 heavy (non-hydrogen) atoms. The number of hydrogen-bond acceptors (Lipinski definition) is 6. The van der Waals surface area contributed by atoms with Crippen molar-refractivity contribution in [1.29, 1.82) is 0 Å². The van der Waals surface area contributed by atoms with Crippen molar-refractivity contribution in [2.45, 2.75) is 37.3 Å². The van der Waals surface area contributed by atoms with Crippen molar-refractivity contribution in [2.24, 2.45) is 0 Å². The number of alkyl carbamates (subject to hydrolysis) is 1. The molecule has 12 heteroatoms. The quantitative estimate of drug-likeness (QED) is 0.543. The number of hydrogen-bond donors (Lipinski definition) is 3. The number of carbonyl (C=O) groups is 2. The van der Waals surface area contributed by atoms with Crippen molar-refractivity contribution < 1.29 is 27.9 Å². The Morgan fingerprint density at radius 3 is 2.38 bits per heavy atom. The maximum atomic E-state index is 12.2. The Morgan fingerprint density at radius 2 is 1.96 bits per heavy atom. The van der Waals surface area contributed by atoms with Crippen molar-refractivity contribution >= 4 is 65.3 Å². The molecule has 1 heterocycles. The van der Waals surface area contributed by atoms with Gasteiger partial charge in [-0.3, -0.25) is 0 Å². The molecule has 0 aromatic carbocycles. The van der Waals surface area contributed by atoms with Crippen molar-refractivity contribution in [1.82, 2.24) is 10.0 Å². The van der Waals surface area contributed by atoms with E-state index in [1.807, 2.05) is 0 Å². The number of aliphatic carboxylic acids is 1. The summed E-state index contributed by atoms with van der Waals surface area (Å²) < 4.78 is 32.5. The number of nitrogens with one attached hydrogen (secondary N) is 2. The lowest BCUT2D eigenvalue weighted by atomic mass is 10.2. The second kappa shape index (κ2) is 8.13. The van der Waals surface area contributed by atoms with Gasteiger partial charge >= 0.3 is 12.1 Å². The number of amides is 1. The van der Waals surface area contributed by atoms with Crippen molar-refractivity contribution in [3.8, 4) is 0 Å². The van der Waals surface area contributed by atoms with Crippen LogP contribution in [0.4, 0.5) is 4.79 Å². The highest BCUT2D eigenvalue weighted by atomic mass is 79.9. The molecule has 0 aliphatic carbocycles. The summed E-state index contributed by atoms with van der Waals surface area (Å²) in [4.78, 5) is 22.8. The minimum Gasteiger partial charge on any atom is -0.480 e. The smallest absolute Gasteiger partial charge is 0.408 e. The van der Waals surface area contributed by atoms with Gasteiger partial charge in [-0.2, -0.15) is 0 Å². The summed E-state index contributed by atoms with van der Waals surface area (Å²) in [5.41, 5.74) is -0.805. The van der Waals surface area contributed by atoms with E-state index in [0.29, 0.717) is 7.57 Å². The first-order valence-corrected chi connectivity index (χ1v) is 10.4. The number of carboxylic acid groups (broad SMARTS) is 1. The van der Waals surface area contributed by atoms with Gasteiger partial charge in [0.25, 0.3) is 0 Å². The SMILES string of the molecule is CC(C)(C)OC(=O)NC(CNS(=O)(=O)c1cc(Br)sc1Br)C(=O)O. The van der Waals surface area contributed by atoms with Crippen LogP contribution in [0.5, 0.6) is 0 Å². The van der Waals surface area contributed by atoms with E-state index in [1.54, 1.807) is 20.8 Å². The summed E-state index contributed by atoms with van der Waals surface area (Å²) in [7, 11) is -3.94. The van der Waals surface area contributed by atoms with E-state index in [0.717, 1.165) is 11.3 Å². The molecule has 1 rings (SSSR count). The van der Waals surface area contributed by atoms with Gasteiger partial charge in [0.1, 0.15) is 16.5 Å². The number of rotatable bonds is 6. The minimum atomic E-state index is -3.94. The summed E-state index contributed by atoms with van der Waals surface area (Å²) in [6.07, 6.45) is -0.950. The fourth-order valence-corrected chi connectivity index (χ4v) is 6.29. The molecule has 1 amide bonds. The van der Waals surface area contributed by atoms with Gasteiger partial charge in [-0.25, -0.2) is 22.7 Å². The Balaban J connectivity index is 2.78. The average Bonchev–Trinajstić information content (AvgIpc) is 2.72. The lowest BCUT2D eigenvalue weighted by molar-refractivity contribution is -0.139. The third-order valence-electron chi connectivity index (χ3n) is 2.38. The molecule has 1 aromatic rings. The van der Waals surface area contributed by atoms with Crippen LogP contribution < -0.4 is 10.0 Å². The fourth-order valence-electron chi connectivity index (χ4n) is 1.43. The van der Waals surface area contributed by atoms with E-state index in [4.69, 9.17) is 9.84 Å². The molecular formula is C12H16Br2N2O6S2. The minimum absolute atomic E-state index is 0.0271. The van der Waals surface area contributed by atoms with E-state index < -0.39 is 40.3 Å². The molecule has 0 fully saturated rings. The van der Waals surface area contributed by atoms with Gasteiger partial charge in [-0.15, -0.1) is 11.3 Å². The molecule has 0 aliphatic rings. The third-order valence-corrected chi connectivity index (χ3v) is 6.56. The zero-order chi connectivity index (χ0) is 18.7. The molecule has 1 aromatic heterocycles. The second-order valence-corrected chi connectivity index (χ2v) is 11.1. The van der Waals surface area contributed by atoms with Crippen LogP contribution >= 0.6 is 43.2 Å². The number of thiophene rings is 1. The molecule has 0 saturated carbocycles. The van der Waals surface area contributed by atoms with Gasteiger partial charge in [0.2, 0.25) is 10.0 Å². The van der Waals surface area contributed by atoms with Gasteiger partial charge < -0.3 is 15.2 Å². The molecule has 8 nitrogen and oxygen atoms in total. The zero-order valence-corrected chi connectivity index (χ0v) is 17.7. The maximum absolute atomic E-state index is 12.2. The third kappa shape index (κ3) is 6.67. The predicted molar refractivity (Wildman–Crippen MR) is 95.7 cm³/mol. The Morgan fingerprint density at radius 1 is 1.38 bits per heavy atom. The molecule has 0 saturated heterocycles. The molecule has 1 unspecified atom stereocenters. The molecule has 0 bridgehead atoms. The molecule has 0 spiro atoms. The van der Waals surface area contributed by atoms with E-state index in [2.05, 4.69) is 41.9 Å². The normalized spacial score (nSPS) is 13.4. The van der Waals surface area contributed by atoms with Crippen molar-refractivity contribution in [3.63, 3.8) is 0 Å². The van der Waals surface area contributed by atoms with Crippen LogP contribution in [0.25, 0.3) is 0 Å². The number of sulfonamides is 1. The summed E-state index contributed by atoms with van der Waals surface area (Å²) in [6.45, 7) is 4.34. The van der Waals surface area contributed by atoms with E-state index in [1.165, 1.54) is 6.07 Å².